The predicted octanol–water partition coefficient (Wildman–Crippen LogP) is 4.52. The molecule has 0 amide bonds. The van der Waals surface area contributed by atoms with Crippen LogP contribution in [0.4, 0.5) is 28.4 Å². The van der Waals surface area contributed by atoms with Gasteiger partial charge in [0.05, 0.1) is 34.3 Å². The van der Waals surface area contributed by atoms with Crippen LogP contribution in [0.1, 0.15) is 10.5 Å². The van der Waals surface area contributed by atoms with Crippen LogP contribution in [0, 0.1) is 0 Å². The molecule has 22 heteroatoms. The lowest BCUT2D eigenvalue weighted by Crippen LogP contribution is -2.14. The molecule has 0 radical (unpaired) electrons. The number of carbonyl (C=O) groups is 1. The minimum atomic E-state index is -5.11. The molecule has 9 N–H and O–H groups in total. The molecule has 0 unspecified atom stereocenters. The number of hydrogen-bond donors (Lipinski definition) is 8. The Morgan fingerprint density at radius 1 is 0.725 bits per heavy atom. The van der Waals surface area contributed by atoms with Gasteiger partial charge in [0.1, 0.15) is 37.5 Å². The average molecular weight is 756 g/mol. The van der Waals surface area contributed by atoms with E-state index in [9.17, 15) is 53.9 Å². The van der Waals surface area contributed by atoms with E-state index in [-0.39, 0.29) is 44.3 Å². The zero-order chi connectivity index (χ0) is 37.0. The summed E-state index contributed by atoms with van der Waals surface area (Å²) in [5.74, 6) is -2.21. The van der Waals surface area contributed by atoms with Crippen LogP contribution in [0.2, 0.25) is 0 Å². The van der Waals surface area contributed by atoms with Crippen molar-refractivity contribution in [3.05, 3.63) is 78.6 Å². The average Bonchev–Trinajstić information content (AvgIpc) is 3.05. The molecule has 0 atom stereocenters. The van der Waals surface area contributed by atoms with Crippen LogP contribution in [-0.4, -0.2) is 65.1 Å². The number of hydrazine groups is 1. The van der Waals surface area contributed by atoms with Gasteiger partial charge in [0.15, 0.2) is 0 Å². The summed E-state index contributed by atoms with van der Waals surface area (Å²) in [6.45, 7) is 0. The van der Waals surface area contributed by atoms with Crippen molar-refractivity contribution < 1.29 is 53.9 Å². The van der Waals surface area contributed by atoms with Crippen LogP contribution >= 0.6 is 0 Å². The van der Waals surface area contributed by atoms with Crippen LogP contribution in [-0.2, 0) is 30.4 Å². The van der Waals surface area contributed by atoms with Crippen molar-refractivity contribution in [3.8, 4) is 5.75 Å². The molecule has 51 heavy (non-hydrogen) atoms. The van der Waals surface area contributed by atoms with Gasteiger partial charge in [0.2, 0.25) is 0 Å². The molecule has 4 aromatic carbocycles. The number of phenols is 1. The van der Waals surface area contributed by atoms with Crippen LogP contribution in [0.25, 0.3) is 32.6 Å². The summed E-state index contributed by atoms with van der Waals surface area (Å²) in [6, 6.07) is 13.5. The number of benzene rings is 4. The summed E-state index contributed by atoms with van der Waals surface area (Å²) in [5.41, 5.74) is 9.61. The summed E-state index contributed by atoms with van der Waals surface area (Å²) in [5, 5.41) is 29.1. The van der Waals surface area contributed by atoms with Crippen molar-refractivity contribution in [2.24, 2.45) is 10.2 Å². The van der Waals surface area contributed by atoms with E-state index in [1.807, 2.05) is 0 Å². The maximum atomic E-state index is 12.3. The first-order chi connectivity index (χ1) is 23.8. The maximum Gasteiger partial charge on any atom is 0.354 e. The quantitative estimate of drug-likeness (QED) is 0.0330. The highest BCUT2D eigenvalue weighted by atomic mass is 32.2. The number of hydrogen-bond acceptors (Lipinski definition) is 15. The number of para-hydroxylation sites is 1. The molecule has 0 saturated carbocycles. The van der Waals surface area contributed by atoms with Gasteiger partial charge in [-0.1, -0.05) is 12.1 Å². The van der Waals surface area contributed by atoms with Gasteiger partial charge in [-0.3, -0.25) is 29.5 Å². The lowest BCUT2D eigenvalue weighted by atomic mass is 10.1. The molecule has 0 spiro atoms. The topological polar surface area (TPSA) is 321 Å². The number of anilines is 3. The van der Waals surface area contributed by atoms with Crippen molar-refractivity contribution in [2.75, 3.05) is 16.6 Å². The standard InChI is InChI=1S/C29H21N7O12S3/c30-18-11-17-14(9-23(18)50(43,44)45)10-24(51(46,47)48)27(28(17)37)36-35-20-7-6-19(16-4-5-21(29(38)39)32-26(16)20)34-33-15-8-13-2-1-3-22(49(40,41)42)25(13)31-12-15/h1-12,35-37H,30H2,(H,38,39)(H,40,41,42)(H,43,44,45)(H,46,47,48). The molecule has 262 valence electrons. The molecule has 6 aromatic rings. The number of aromatic hydroxyl groups is 1. The van der Waals surface area contributed by atoms with E-state index in [2.05, 4.69) is 31.0 Å². The summed E-state index contributed by atoms with van der Waals surface area (Å²) >= 11 is 0. The minimum Gasteiger partial charge on any atom is -0.505 e. The number of carboxylic acids is 1. The lowest BCUT2D eigenvalue weighted by molar-refractivity contribution is 0.0690. The predicted molar refractivity (Wildman–Crippen MR) is 181 cm³/mol. The molecule has 0 bridgehead atoms. The third-order valence-corrected chi connectivity index (χ3v) is 10.0. The van der Waals surface area contributed by atoms with Gasteiger partial charge in [0.25, 0.3) is 30.4 Å². The van der Waals surface area contributed by atoms with Crippen molar-refractivity contribution in [2.45, 2.75) is 14.7 Å². The van der Waals surface area contributed by atoms with E-state index in [4.69, 9.17) is 5.73 Å². The molecule has 2 heterocycles. The van der Waals surface area contributed by atoms with Gasteiger partial charge in [-0.25, -0.2) is 9.78 Å². The van der Waals surface area contributed by atoms with Gasteiger partial charge < -0.3 is 15.9 Å². The van der Waals surface area contributed by atoms with Crippen LogP contribution in [0.5, 0.6) is 5.75 Å². The number of nitrogens with zero attached hydrogens (tertiary/aromatic N) is 4. The van der Waals surface area contributed by atoms with E-state index in [0.717, 1.165) is 18.2 Å². The number of nitrogens with one attached hydrogen (secondary N) is 2. The number of aromatic nitrogens is 2. The van der Waals surface area contributed by atoms with Gasteiger partial charge in [-0.15, -0.1) is 10.2 Å². The van der Waals surface area contributed by atoms with Gasteiger partial charge in [0, 0.05) is 16.2 Å². The fraction of sp³-hybridized carbons (Fsp3) is 0. The van der Waals surface area contributed by atoms with E-state index in [1.165, 1.54) is 48.7 Å². The van der Waals surface area contributed by atoms with Crippen LogP contribution < -0.4 is 16.6 Å². The van der Waals surface area contributed by atoms with Gasteiger partial charge in [-0.05, 0) is 60.0 Å². The zero-order valence-electron chi connectivity index (χ0n) is 25.1. The second-order valence-corrected chi connectivity index (χ2v) is 14.8. The first kappa shape index (κ1) is 34.8. The molecule has 2 aromatic heterocycles. The van der Waals surface area contributed by atoms with E-state index in [0.29, 0.717) is 5.39 Å². The molecule has 0 aliphatic heterocycles. The summed E-state index contributed by atoms with van der Waals surface area (Å²) < 4.78 is 101. The lowest BCUT2D eigenvalue weighted by Gasteiger charge is -2.18. The third kappa shape index (κ3) is 6.77. The van der Waals surface area contributed by atoms with E-state index >= 15 is 0 Å². The highest BCUT2D eigenvalue weighted by Gasteiger charge is 2.25. The largest absolute Gasteiger partial charge is 0.505 e. The first-order valence-electron chi connectivity index (χ1n) is 13.8. The van der Waals surface area contributed by atoms with Gasteiger partial charge in [-0.2, -0.15) is 25.3 Å². The molecule has 0 fully saturated rings. The number of rotatable bonds is 9. The Hall–Kier alpha value is -6.04. The molecule has 0 aliphatic rings. The number of azo groups is 1. The Kier molecular flexibility index (Phi) is 8.45. The number of phenolic OH excluding ortho intramolecular Hbond substituents is 1. The first-order valence-corrected chi connectivity index (χ1v) is 18.2. The van der Waals surface area contributed by atoms with Crippen molar-refractivity contribution in [1.82, 2.24) is 9.97 Å². The Balaban J connectivity index is 1.42. The maximum absolute atomic E-state index is 12.3. The van der Waals surface area contributed by atoms with Crippen LogP contribution in [0.15, 0.2) is 97.8 Å². The highest BCUT2D eigenvalue weighted by Crippen LogP contribution is 2.41. The molecule has 0 saturated heterocycles. The Bertz CT molecular complexity index is 2850. The molecular formula is C29H21N7O12S3. The van der Waals surface area contributed by atoms with Crippen molar-refractivity contribution in [3.63, 3.8) is 0 Å². The van der Waals surface area contributed by atoms with Gasteiger partial charge >= 0.3 is 5.97 Å². The second-order valence-electron chi connectivity index (χ2n) is 10.6. The molecular weight excluding hydrogens is 735 g/mol. The summed E-state index contributed by atoms with van der Waals surface area (Å²) in [7, 11) is -14.5. The normalized spacial score (nSPS) is 12.5. The monoisotopic (exact) mass is 755 g/mol. The number of pyridine rings is 2. The zero-order valence-corrected chi connectivity index (χ0v) is 27.6. The molecule has 19 nitrogen and oxygen atoms in total. The fourth-order valence-corrected chi connectivity index (χ4v) is 7.06. The molecule has 6 rings (SSSR count). The second kappa shape index (κ2) is 12.4. The van der Waals surface area contributed by atoms with E-state index < -0.39 is 73.8 Å². The summed E-state index contributed by atoms with van der Waals surface area (Å²) in [6.07, 6.45) is 1.21. The number of fused-ring (bicyclic) bond motifs is 3. The van der Waals surface area contributed by atoms with Crippen molar-refractivity contribution in [1.29, 1.82) is 0 Å². The Labute approximate surface area is 286 Å². The number of aromatic carboxylic acids is 1. The summed E-state index contributed by atoms with van der Waals surface area (Å²) in [4.78, 5) is 17.9. The SMILES string of the molecule is Nc1cc2c(O)c(NNc3ccc(N=Nc4cnc5c(S(=O)(=O)O)cccc5c4)c4ccc(C(=O)O)nc34)c(S(=O)(=O)O)cc2cc1S(=O)(=O)O. The number of carboxylic acid groups (broad SMARTS) is 1. The van der Waals surface area contributed by atoms with Crippen LogP contribution in [0.3, 0.4) is 0 Å². The van der Waals surface area contributed by atoms with E-state index in [1.54, 1.807) is 6.07 Å². The highest BCUT2D eigenvalue weighted by molar-refractivity contribution is 7.86. The Morgan fingerprint density at radius 2 is 1.41 bits per heavy atom. The number of nitrogen functional groups attached to an aromatic ring is 1. The van der Waals surface area contributed by atoms with Crippen molar-refractivity contribution >= 4 is 97.3 Å². The minimum absolute atomic E-state index is 0.00124. The molecule has 0 aliphatic carbocycles. The third-order valence-electron chi connectivity index (χ3n) is 7.35. The Morgan fingerprint density at radius 3 is 2.08 bits per heavy atom. The smallest absolute Gasteiger partial charge is 0.354 e. The number of nitrogens with two attached hydrogens (primary N) is 1. The fourth-order valence-electron chi connectivity index (χ4n) is 5.08.